The fourth-order valence-electron chi connectivity index (χ4n) is 1.84. The second kappa shape index (κ2) is 10.1. The molecule has 1 aromatic carbocycles. The Morgan fingerprint density at radius 3 is 2.55 bits per heavy atom. The van der Waals surface area contributed by atoms with E-state index in [0.717, 1.165) is 38.6 Å². The normalized spacial score (nSPS) is 11.2. The van der Waals surface area contributed by atoms with Gasteiger partial charge in [0.15, 0.2) is 5.96 Å². The number of benzene rings is 1. The summed E-state index contributed by atoms with van der Waals surface area (Å²) in [6.45, 7) is 7.89. The van der Waals surface area contributed by atoms with Crippen molar-refractivity contribution in [1.29, 1.82) is 0 Å². The minimum atomic E-state index is 0.878. The molecule has 0 aliphatic rings. The molecule has 4 nitrogen and oxygen atoms in total. The minimum Gasteiger partial charge on any atom is -0.373 e. The third-order valence-electron chi connectivity index (χ3n) is 3.06. The molecule has 112 valence electrons. The van der Waals surface area contributed by atoms with Gasteiger partial charge >= 0.3 is 0 Å². The molecule has 0 aromatic heterocycles. The molecule has 0 atom stereocenters. The van der Waals surface area contributed by atoms with E-state index in [1.807, 2.05) is 6.07 Å². The summed E-state index contributed by atoms with van der Waals surface area (Å²) in [7, 11) is 2.11. The fraction of sp³-hybridized carbons (Fsp3) is 0.562. The van der Waals surface area contributed by atoms with Crippen molar-refractivity contribution in [2.45, 2.75) is 26.7 Å². The molecule has 0 saturated heterocycles. The highest BCUT2D eigenvalue weighted by atomic mass is 15.2. The van der Waals surface area contributed by atoms with E-state index < -0.39 is 0 Å². The van der Waals surface area contributed by atoms with Crippen LogP contribution in [0.1, 0.15) is 26.7 Å². The largest absolute Gasteiger partial charge is 0.373 e. The van der Waals surface area contributed by atoms with Gasteiger partial charge < -0.3 is 15.5 Å². The average molecular weight is 276 g/mol. The highest BCUT2D eigenvalue weighted by Gasteiger charge is 2.00. The predicted octanol–water partition coefficient (Wildman–Crippen LogP) is 2.48. The van der Waals surface area contributed by atoms with E-state index in [4.69, 9.17) is 0 Å². The van der Waals surface area contributed by atoms with Gasteiger partial charge in [0.25, 0.3) is 0 Å². The second-order valence-corrected chi connectivity index (χ2v) is 4.80. The van der Waals surface area contributed by atoms with Crippen LogP contribution in [0, 0.1) is 0 Å². The van der Waals surface area contributed by atoms with Gasteiger partial charge in [-0.05, 0) is 25.5 Å². The van der Waals surface area contributed by atoms with Gasteiger partial charge in [-0.3, -0.25) is 4.99 Å². The topological polar surface area (TPSA) is 39.7 Å². The molecule has 0 bridgehead atoms. The number of likely N-dealkylation sites (N-methyl/N-ethyl adjacent to an activating group) is 1. The molecule has 4 heteroatoms. The standard InChI is InChI=1S/C16H28N4/c1-4-6-12-18-16(17-5-2)19-13-14-20(3)15-10-8-7-9-11-15/h7-11H,4-6,12-14H2,1-3H3,(H2,17,18,19). The predicted molar refractivity (Wildman–Crippen MR) is 88.6 cm³/mol. The van der Waals surface area contributed by atoms with E-state index in [1.54, 1.807) is 0 Å². The Morgan fingerprint density at radius 2 is 1.90 bits per heavy atom. The highest BCUT2D eigenvalue weighted by molar-refractivity contribution is 5.79. The number of anilines is 1. The number of hydrogen-bond acceptors (Lipinski definition) is 2. The van der Waals surface area contributed by atoms with E-state index in [0.29, 0.717) is 0 Å². The lowest BCUT2D eigenvalue weighted by Gasteiger charge is -2.20. The van der Waals surface area contributed by atoms with Gasteiger partial charge in [-0.2, -0.15) is 0 Å². The SMILES string of the molecule is CCCCN=C(NCC)NCCN(C)c1ccccc1. The zero-order valence-corrected chi connectivity index (χ0v) is 13.0. The third-order valence-corrected chi connectivity index (χ3v) is 3.06. The van der Waals surface area contributed by atoms with Crippen LogP contribution in [0.3, 0.4) is 0 Å². The average Bonchev–Trinajstić information content (AvgIpc) is 2.48. The van der Waals surface area contributed by atoms with Gasteiger partial charge in [-0.15, -0.1) is 0 Å². The molecule has 2 N–H and O–H groups in total. The number of guanidine groups is 1. The van der Waals surface area contributed by atoms with Crippen LogP contribution in [-0.4, -0.2) is 39.2 Å². The van der Waals surface area contributed by atoms with Crippen LogP contribution in [0.4, 0.5) is 5.69 Å². The van der Waals surface area contributed by atoms with Crippen molar-refractivity contribution < 1.29 is 0 Å². The van der Waals surface area contributed by atoms with Crippen molar-refractivity contribution in [3.8, 4) is 0 Å². The van der Waals surface area contributed by atoms with Crippen LogP contribution in [0.25, 0.3) is 0 Å². The Morgan fingerprint density at radius 1 is 1.15 bits per heavy atom. The van der Waals surface area contributed by atoms with Crippen LogP contribution in [-0.2, 0) is 0 Å². The maximum absolute atomic E-state index is 4.55. The number of rotatable bonds is 8. The van der Waals surface area contributed by atoms with E-state index in [9.17, 15) is 0 Å². The van der Waals surface area contributed by atoms with Crippen molar-refractivity contribution in [2.24, 2.45) is 4.99 Å². The van der Waals surface area contributed by atoms with E-state index in [1.165, 1.54) is 12.1 Å². The maximum atomic E-state index is 4.55. The summed E-state index contributed by atoms with van der Waals surface area (Å²) in [6.07, 6.45) is 2.32. The van der Waals surface area contributed by atoms with Crippen molar-refractivity contribution in [2.75, 3.05) is 38.1 Å². The van der Waals surface area contributed by atoms with Crippen LogP contribution < -0.4 is 15.5 Å². The lowest BCUT2D eigenvalue weighted by molar-refractivity contribution is 0.759. The van der Waals surface area contributed by atoms with Gasteiger partial charge in [0.1, 0.15) is 0 Å². The zero-order chi connectivity index (χ0) is 14.6. The van der Waals surface area contributed by atoms with Crippen LogP contribution in [0.5, 0.6) is 0 Å². The summed E-state index contributed by atoms with van der Waals surface area (Å²) in [5, 5.41) is 6.65. The van der Waals surface area contributed by atoms with E-state index in [-0.39, 0.29) is 0 Å². The summed E-state index contributed by atoms with van der Waals surface area (Å²) in [4.78, 5) is 6.79. The van der Waals surface area contributed by atoms with Crippen LogP contribution >= 0.6 is 0 Å². The number of nitrogens with one attached hydrogen (secondary N) is 2. The zero-order valence-electron chi connectivity index (χ0n) is 13.0. The molecule has 0 spiro atoms. The number of nitrogens with zero attached hydrogens (tertiary/aromatic N) is 2. The Labute approximate surface area is 123 Å². The van der Waals surface area contributed by atoms with Gasteiger partial charge in [0.05, 0.1) is 0 Å². The van der Waals surface area contributed by atoms with Crippen molar-refractivity contribution in [3.63, 3.8) is 0 Å². The molecule has 0 heterocycles. The molecular formula is C16H28N4. The molecule has 0 aliphatic carbocycles. The molecule has 1 rings (SSSR count). The number of hydrogen-bond donors (Lipinski definition) is 2. The molecule has 0 aliphatic heterocycles. The Kier molecular flexibility index (Phi) is 8.27. The monoisotopic (exact) mass is 276 g/mol. The molecule has 0 saturated carbocycles. The minimum absolute atomic E-state index is 0.878. The van der Waals surface area contributed by atoms with Gasteiger partial charge in [0.2, 0.25) is 0 Å². The number of aliphatic imine (C=N–C) groups is 1. The quantitative estimate of drug-likeness (QED) is 0.435. The molecule has 0 radical (unpaired) electrons. The molecule has 0 amide bonds. The van der Waals surface area contributed by atoms with Gasteiger partial charge in [-0.25, -0.2) is 0 Å². The number of para-hydroxylation sites is 1. The Hall–Kier alpha value is -1.71. The number of unbranched alkanes of at least 4 members (excludes halogenated alkanes) is 1. The van der Waals surface area contributed by atoms with Crippen LogP contribution in [0.15, 0.2) is 35.3 Å². The lowest BCUT2D eigenvalue weighted by atomic mass is 10.3. The van der Waals surface area contributed by atoms with Crippen LogP contribution in [0.2, 0.25) is 0 Å². The van der Waals surface area contributed by atoms with Crippen molar-refractivity contribution in [1.82, 2.24) is 10.6 Å². The van der Waals surface area contributed by atoms with Gasteiger partial charge in [-0.1, -0.05) is 31.5 Å². The Balaban J connectivity index is 2.34. The van der Waals surface area contributed by atoms with E-state index >= 15 is 0 Å². The summed E-state index contributed by atoms with van der Waals surface area (Å²) < 4.78 is 0. The van der Waals surface area contributed by atoms with Crippen molar-refractivity contribution >= 4 is 11.6 Å². The smallest absolute Gasteiger partial charge is 0.191 e. The Bertz CT molecular complexity index is 375. The molecule has 20 heavy (non-hydrogen) atoms. The first kappa shape index (κ1) is 16.3. The first-order valence-corrected chi connectivity index (χ1v) is 7.56. The summed E-state index contributed by atoms with van der Waals surface area (Å²) in [6, 6.07) is 10.4. The van der Waals surface area contributed by atoms with Crippen molar-refractivity contribution in [3.05, 3.63) is 30.3 Å². The molecule has 0 fully saturated rings. The maximum Gasteiger partial charge on any atom is 0.191 e. The highest BCUT2D eigenvalue weighted by Crippen LogP contribution is 2.09. The summed E-state index contributed by atoms with van der Waals surface area (Å²) in [5.74, 6) is 0.919. The summed E-state index contributed by atoms with van der Waals surface area (Å²) in [5.41, 5.74) is 1.24. The fourth-order valence-corrected chi connectivity index (χ4v) is 1.84. The first-order valence-electron chi connectivity index (χ1n) is 7.56. The molecule has 0 unspecified atom stereocenters. The molecule has 1 aromatic rings. The van der Waals surface area contributed by atoms with E-state index in [2.05, 4.69) is 65.7 Å². The van der Waals surface area contributed by atoms with Gasteiger partial charge in [0, 0.05) is 38.9 Å². The lowest BCUT2D eigenvalue weighted by Crippen LogP contribution is -2.41. The molecular weight excluding hydrogens is 248 g/mol. The second-order valence-electron chi connectivity index (χ2n) is 4.80. The summed E-state index contributed by atoms with van der Waals surface area (Å²) >= 11 is 0. The first-order chi connectivity index (χ1) is 9.77. The third kappa shape index (κ3) is 6.45.